The normalized spacial score (nSPS) is 13.6. The van der Waals surface area contributed by atoms with E-state index in [9.17, 15) is 4.79 Å². The maximum absolute atomic E-state index is 10.1. The zero-order valence-electron chi connectivity index (χ0n) is 6.37. The monoisotopic (exact) mass is 146 g/mol. The van der Waals surface area contributed by atoms with Crippen LogP contribution in [0.2, 0.25) is 0 Å². The van der Waals surface area contributed by atoms with Crippen molar-refractivity contribution < 1.29 is 15.0 Å². The Morgan fingerprint density at radius 3 is 2.20 bits per heavy atom. The van der Waals surface area contributed by atoms with E-state index in [0.717, 1.165) is 6.42 Å². The average molecular weight is 146 g/mol. The third-order valence-corrected chi connectivity index (χ3v) is 1.30. The Hall–Kier alpha value is -0.570. The van der Waals surface area contributed by atoms with Gasteiger partial charge in [0.1, 0.15) is 0 Å². The third kappa shape index (κ3) is 4.32. The predicted molar refractivity (Wildman–Crippen MR) is 37.7 cm³/mol. The van der Waals surface area contributed by atoms with E-state index in [1.165, 1.54) is 0 Å². The van der Waals surface area contributed by atoms with E-state index < -0.39 is 12.1 Å². The van der Waals surface area contributed by atoms with Crippen molar-refractivity contribution in [1.29, 1.82) is 0 Å². The van der Waals surface area contributed by atoms with Gasteiger partial charge in [0.15, 0.2) is 6.10 Å². The number of aliphatic hydroxyl groups excluding tert-OH is 1. The molecule has 10 heavy (non-hydrogen) atoms. The first kappa shape index (κ1) is 9.43. The van der Waals surface area contributed by atoms with Crippen molar-refractivity contribution in [2.45, 2.75) is 32.8 Å². The van der Waals surface area contributed by atoms with E-state index in [1.807, 2.05) is 13.8 Å². The maximum Gasteiger partial charge on any atom is 0.332 e. The molecule has 0 rings (SSSR count). The Morgan fingerprint density at radius 2 is 1.90 bits per heavy atom. The molecule has 0 bridgehead atoms. The van der Waals surface area contributed by atoms with Crippen LogP contribution in [0.4, 0.5) is 0 Å². The first-order valence-electron chi connectivity index (χ1n) is 3.45. The topological polar surface area (TPSA) is 57.5 Å². The summed E-state index contributed by atoms with van der Waals surface area (Å²) in [6.07, 6.45) is -0.0668. The van der Waals surface area contributed by atoms with Crippen LogP contribution in [0.25, 0.3) is 0 Å². The van der Waals surface area contributed by atoms with Crippen LogP contribution in [0, 0.1) is 5.92 Å². The minimum atomic E-state index is -1.18. The van der Waals surface area contributed by atoms with E-state index >= 15 is 0 Å². The van der Waals surface area contributed by atoms with Crippen LogP contribution in [0.3, 0.4) is 0 Å². The molecule has 1 atom stereocenters. The third-order valence-electron chi connectivity index (χ3n) is 1.30. The number of carboxylic acid groups (broad SMARTS) is 1. The lowest BCUT2D eigenvalue weighted by Crippen LogP contribution is -2.19. The summed E-state index contributed by atoms with van der Waals surface area (Å²) in [7, 11) is 0. The Morgan fingerprint density at radius 1 is 1.40 bits per heavy atom. The number of aliphatic hydroxyl groups is 1. The molecule has 0 fully saturated rings. The molecule has 0 aliphatic heterocycles. The van der Waals surface area contributed by atoms with Gasteiger partial charge >= 0.3 is 5.97 Å². The molecular formula is C7H14O3. The molecule has 0 saturated heterocycles. The lowest BCUT2D eigenvalue weighted by Gasteiger charge is -2.06. The van der Waals surface area contributed by atoms with Crippen molar-refractivity contribution in [2.24, 2.45) is 5.92 Å². The lowest BCUT2D eigenvalue weighted by molar-refractivity contribution is -0.147. The van der Waals surface area contributed by atoms with Gasteiger partial charge in [0.25, 0.3) is 0 Å². The Bertz CT molecular complexity index is 109. The molecule has 3 heteroatoms. The second-order valence-corrected chi connectivity index (χ2v) is 2.83. The maximum atomic E-state index is 10.1. The fourth-order valence-electron chi connectivity index (χ4n) is 0.615. The first-order chi connectivity index (χ1) is 4.54. The predicted octanol–water partition coefficient (Wildman–Crippen LogP) is 0.868. The van der Waals surface area contributed by atoms with Crippen molar-refractivity contribution in [3.8, 4) is 0 Å². The van der Waals surface area contributed by atoms with Gasteiger partial charge in [-0.05, 0) is 18.8 Å². The zero-order valence-corrected chi connectivity index (χ0v) is 6.37. The lowest BCUT2D eigenvalue weighted by atomic mass is 10.1. The van der Waals surface area contributed by atoms with Gasteiger partial charge in [0, 0.05) is 0 Å². The van der Waals surface area contributed by atoms with Gasteiger partial charge in [0.05, 0.1) is 0 Å². The molecule has 0 heterocycles. The molecular weight excluding hydrogens is 132 g/mol. The molecule has 60 valence electrons. The molecule has 0 unspecified atom stereocenters. The highest BCUT2D eigenvalue weighted by Gasteiger charge is 2.12. The number of hydrogen-bond acceptors (Lipinski definition) is 2. The van der Waals surface area contributed by atoms with Crippen LogP contribution < -0.4 is 0 Å². The Labute approximate surface area is 60.7 Å². The minimum Gasteiger partial charge on any atom is -0.479 e. The zero-order chi connectivity index (χ0) is 8.15. The molecule has 0 saturated carbocycles. The number of rotatable bonds is 4. The fourth-order valence-corrected chi connectivity index (χ4v) is 0.615. The molecule has 0 spiro atoms. The van der Waals surface area contributed by atoms with Crippen molar-refractivity contribution >= 4 is 5.97 Å². The van der Waals surface area contributed by atoms with Crippen molar-refractivity contribution in [3.05, 3.63) is 0 Å². The van der Waals surface area contributed by atoms with Crippen LogP contribution in [-0.2, 0) is 4.79 Å². The van der Waals surface area contributed by atoms with Gasteiger partial charge in [-0.2, -0.15) is 0 Å². The van der Waals surface area contributed by atoms with E-state index in [1.54, 1.807) is 0 Å². The summed E-state index contributed by atoms with van der Waals surface area (Å²) in [4.78, 5) is 10.1. The molecule has 0 amide bonds. The summed E-state index contributed by atoms with van der Waals surface area (Å²) in [6, 6.07) is 0. The second kappa shape index (κ2) is 4.28. The van der Waals surface area contributed by atoms with Crippen molar-refractivity contribution in [3.63, 3.8) is 0 Å². The molecule has 3 nitrogen and oxygen atoms in total. The van der Waals surface area contributed by atoms with Crippen LogP contribution in [-0.4, -0.2) is 22.3 Å². The van der Waals surface area contributed by atoms with E-state index in [2.05, 4.69) is 0 Å². The molecule has 2 N–H and O–H groups in total. The number of carbonyl (C=O) groups is 1. The summed E-state index contributed by atoms with van der Waals surface area (Å²) >= 11 is 0. The summed E-state index contributed by atoms with van der Waals surface area (Å²) < 4.78 is 0. The fraction of sp³-hybridized carbons (Fsp3) is 0.857. The number of hydrogen-bond donors (Lipinski definition) is 2. The molecule has 0 aliphatic carbocycles. The molecule has 0 radical (unpaired) electrons. The Kier molecular flexibility index (Phi) is 4.03. The van der Waals surface area contributed by atoms with Crippen LogP contribution >= 0.6 is 0 Å². The standard InChI is InChI=1S/C7H14O3/c1-5(2)3-4-6(8)7(9)10/h5-6,8H,3-4H2,1-2H3,(H,9,10)/t6-/m1/s1. The van der Waals surface area contributed by atoms with Crippen LogP contribution in [0.1, 0.15) is 26.7 Å². The minimum absolute atomic E-state index is 0.354. The van der Waals surface area contributed by atoms with Crippen LogP contribution in [0.15, 0.2) is 0 Å². The van der Waals surface area contributed by atoms with Gasteiger partial charge < -0.3 is 10.2 Å². The smallest absolute Gasteiger partial charge is 0.332 e. The summed E-state index contributed by atoms with van der Waals surface area (Å²) in [5.41, 5.74) is 0. The highest BCUT2D eigenvalue weighted by atomic mass is 16.4. The quantitative estimate of drug-likeness (QED) is 0.618. The highest BCUT2D eigenvalue weighted by Crippen LogP contribution is 2.06. The molecule has 0 aliphatic rings. The van der Waals surface area contributed by atoms with Gasteiger partial charge in [-0.3, -0.25) is 0 Å². The summed E-state index contributed by atoms with van der Waals surface area (Å²) in [5, 5.41) is 17.0. The van der Waals surface area contributed by atoms with Gasteiger partial charge in [0.2, 0.25) is 0 Å². The highest BCUT2D eigenvalue weighted by molar-refractivity contribution is 5.71. The van der Waals surface area contributed by atoms with Gasteiger partial charge in [-0.1, -0.05) is 13.8 Å². The molecule has 0 aromatic heterocycles. The van der Waals surface area contributed by atoms with E-state index in [-0.39, 0.29) is 0 Å². The van der Waals surface area contributed by atoms with Gasteiger partial charge in [-0.15, -0.1) is 0 Å². The summed E-state index contributed by atoms with van der Waals surface area (Å²) in [5.74, 6) is -0.672. The van der Waals surface area contributed by atoms with Crippen LogP contribution in [0.5, 0.6) is 0 Å². The first-order valence-corrected chi connectivity index (χ1v) is 3.45. The number of carboxylic acids is 1. The summed E-state index contributed by atoms with van der Waals surface area (Å²) in [6.45, 7) is 3.99. The van der Waals surface area contributed by atoms with E-state index in [0.29, 0.717) is 12.3 Å². The average Bonchev–Trinajstić information content (AvgIpc) is 1.82. The number of aliphatic carboxylic acids is 1. The largest absolute Gasteiger partial charge is 0.479 e. The van der Waals surface area contributed by atoms with Crippen molar-refractivity contribution in [2.75, 3.05) is 0 Å². The van der Waals surface area contributed by atoms with Gasteiger partial charge in [-0.25, -0.2) is 4.79 Å². The molecule has 0 aromatic carbocycles. The second-order valence-electron chi connectivity index (χ2n) is 2.83. The van der Waals surface area contributed by atoms with E-state index in [4.69, 9.17) is 10.2 Å². The Balaban J connectivity index is 3.40. The molecule has 0 aromatic rings. The van der Waals surface area contributed by atoms with Crippen molar-refractivity contribution in [1.82, 2.24) is 0 Å². The SMILES string of the molecule is CC(C)CC[C@@H](O)C(=O)O.